The second-order valence-electron chi connectivity index (χ2n) is 12.0. The first-order valence-corrected chi connectivity index (χ1v) is 14.4. The first-order chi connectivity index (χ1) is 18.2. The Kier molecular flexibility index (Phi) is 6.58. The Labute approximate surface area is 230 Å². The van der Waals surface area contributed by atoms with Crippen molar-refractivity contribution in [2.24, 2.45) is 0 Å². The first kappa shape index (κ1) is 26.9. The van der Waals surface area contributed by atoms with Crippen LogP contribution in [-0.4, -0.2) is 15.2 Å². The van der Waals surface area contributed by atoms with E-state index in [1.54, 1.807) is 36.4 Å². The molecule has 8 heteroatoms. The lowest BCUT2D eigenvalue weighted by atomic mass is 9.92. The fourth-order valence-corrected chi connectivity index (χ4v) is 5.55. The number of sulfonamides is 1. The summed E-state index contributed by atoms with van der Waals surface area (Å²) in [6.07, 6.45) is 0. The average Bonchev–Trinajstić information content (AvgIpc) is 3.60. The highest BCUT2D eigenvalue weighted by molar-refractivity contribution is 7.92. The number of aryl methyl sites for hydroxylation is 1. The molecule has 4 aromatic rings. The molecule has 39 heavy (non-hydrogen) atoms. The largest absolute Gasteiger partial charge is 0.464 e. The fraction of sp³-hybridized carbons (Fsp3) is 0.355. The van der Waals surface area contributed by atoms with E-state index in [0.29, 0.717) is 34.3 Å². The number of fused-ring (bicyclic) bond motifs is 1. The third kappa shape index (κ3) is 5.43. The van der Waals surface area contributed by atoms with Crippen LogP contribution < -0.4 is 14.2 Å². The maximum atomic E-state index is 13.5. The standard InChI is InChI=1S/C31H35NO6S/c1-19-8-10-20(11-9-19)39(33,34)32-22-17-26-25(35-18-36-26)16-21(22)29(23-12-14-27(37-23)30(2,3)4)24-13-15-28(38-24)31(5,6)7/h8-17,29,32H,18H2,1-7H3. The molecule has 1 aliphatic heterocycles. The molecule has 0 bridgehead atoms. The van der Waals surface area contributed by atoms with Crippen LogP contribution >= 0.6 is 0 Å². The molecular weight excluding hydrogens is 514 g/mol. The molecule has 0 atom stereocenters. The van der Waals surface area contributed by atoms with E-state index in [0.717, 1.165) is 17.1 Å². The van der Waals surface area contributed by atoms with E-state index < -0.39 is 15.9 Å². The van der Waals surface area contributed by atoms with Gasteiger partial charge in [-0.15, -0.1) is 0 Å². The Morgan fingerprint density at radius 3 is 1.74 bits per heavy atom. The van der Waals surface area contributed by atoms with Crippen LogP contribution in [0.1, 0.15) is 81.6 Å². The molecule has 2 aromatic heterocycles. The topological polar surface area (TPSA) is 90.9 Å². The third-order valence-corrected chi connectivity index (χ3v) is 8.11. The number of ether oxygens (including phenoxy) is 2. The number of benzene rings is 2. The zero-order valence-electron chi connectivity index (χ0n) is 23.4. The van der Waals surface area contributed by atoms with E-state index >= 15 is 0 Å². The van der Waals surface area contributed by atoms with Crippen LogP contribution in [0.4, 0.5) is 5.69 Å². The predicted molar refractivity (Wildman–Crippen MR) is 150 cm³/mol. The van der Waals surface area contributed by atoms with Crippen LogP contribution in [0.2, 0.25) is 0 Å². The molecule has 0 aliphatic carbocycles. The maximum absolute atomic E-state index is 13.5. The molecule has 0 saturated carbocycles. The Balaban J connectivity index is 1.69. The summed E-state index contributed by atoms with van der Waals surface area (Å²) in [5.74, 6) is 3.32. The van der Waals surface area contributed by atoms with E-state index in [4.69, 9.17) is 18.3 Å². The van der Waals surface area contributed by atoms with E-state index in [-0.39, 0.29) is 22.5 Å². The summed E-state index contributed by atoms with van der Waals surface area (Å²) in [6, 6.07) is 17.9. The molecular formula is C31H35NO6S. The van der Waals surface area contributed by atoms with Crippen LogP contribution in [0, 0.1) is 6.92 Å². The minimum Gasteiger partial charge on any atom is -0.464 e. The molecule has 0 spiro atoms. The molecule has 2 aromatic carbocycles. The molecule has 5 rings (SSSR count). The molecule has 206 valence electrons. The minimum atomic E-state index is -3.91. The fourth-order valence-electron chi connectivity index (χ4n) is 4.47. The van der Waals surface area contributed by atoms with Crippen LogP contribution in [0.3, 0.4) is 0 Å². The summed E-state index contributed by atoms with van der Waals surface area (Å²) in [7, 11) is -3.91. The lowest BCUT2D eigenvalue weighted by Gasteiger charge is -2.21. The highest BCUT2D eigenvalue weighted by atomic mass is 32.2. The second-order valence-corrected chi connectivity index (χ2v) is 13.7. The normalized spacial score (nSPS) is 13.7. The lowest BCUT2D eigenvalue weighted by molar-refractivity contribution is 0.174. The molecule has 7 nitrogen and oxygen atoms in total. The zero-order valence-corrected chi connectivity index (χ0v) is 24.2. The summed E-state index contributed by atoms with van der Waals surface area (Å²) < 4.78 is 53.9. The SMILES string of the molecule is Cc1ccc(S(=O)(=O)Nc2cc3c(cc2C(c2ccc(C(C)(C)C)o2)c2ccc(C(C)(C)C)o2)OCO3)cc1. The monoisotopic (exact) mass is 549 g/mol. The summed E-state index contributed by atoms with van der Waals surface area (Å²) in [5.41, 5.74) is 1.52. The van der Waals surface area contributed by atoms with Gasteiger partial charge in [-0.1, -0.05) is 59.2 Å². The van der Waals surface area contributed by atoms with Crippen LogP contribution in [-0.2, 0) is 20.9 Å². The number of anilines is 1. The summed E-state index contributed by atoms with van der Waals surface area (Å²) in [4.78, 5) is 0.161. The van der Waals surface area contributed by atoms with Gasteiger partial charge < -0.3 is 18.3 Å². The van der Waals surface area contributed by atoms with Crippen molar-refractivity contribution < 1.29 is 26.7 Å². The quantitative estimate of drug-likeness (QED) is 0.268. The van der Waals surface area contributed by atoms with Crippen molar-refractivity contribution in [3.63, 3.8) is 0 Å². The van der Waals surface area contributed by atoms with E-state index in [1.165, 1.54) is 0 Å². The predicted octanol–water partition coefficient (Wildman–Crippen LogP) is 7.49. The molecule has 3 heterocycles. The summed E-state index contributed by atoms with van der Waals surface area (Å²) in [6.45, 7) is 14.4. The lowest BCUT2D eigenvalue weighted by Crippen LogP contribution is -2.16. The highest BCUT2D eigenvalue weighted by Gasteiger charge is 2.33. The van der Waals surface area contributed by atoms with Gasteiger partial charge in [-0.3, -0.25) is 4.72 Å². The number of rotatable bonds is 6. The van der Waals surface area contributed by atoms with Gasteiger partial charge in [0.25, 0.3) is 10.0 Å². The average molecular weight is 550 g/mol. The number of furan rings is 2. The van der Waals surface area contributed by atoms with Gasteiger partial charge in [-0.25, -0.2) is 8.42 Å². The van der Waals surface area contributed by atoms with Crippen molar-refractivity contribution in [2.45, 2.75) is 70.1 Å². The van der Waals surface area contributed by atoms with Crippen molar-refractivity contribution in [2.75, 3.05) is 11.5 Å². The maximum Gasteiger partial charge on any atom is 0.261 e. The Morgan fingerprint density at radius 2 is 1.26 bits per heavy atom. The van der Waals surface area contributed by atoms with Crippen molar-refractivity contribution in [1.82, 2.24) is 0 Å². The molecule has 0 fully saturated rings. The van der Waals surface area contributed by atoms with Gasteiger partial charge >= 0.3 is 0 Å². The zero-order chi connectivity index (χ0) is 28.2. The van der Waals surface area contributed by atoms with Gasteiger partial charge in [0.2, 0.25) is 6.79 Å². The van der Waals surface area contributed by atoms with Gasteiger partial charge in [-0.2, -0.15) is 0 Å². The first-order valence-electron chi connectivity index (χ1n) is 13.0. The molecule has 0 unspecified atom stereocenters. The Morgan fingerprint density at radius 1 is 0.744 bits per heavy atom. The Hall–Kier alpha value is -3.65. The minimum absolute atomic E-state index is 0.0530. The molecule has 0 saturated heterocycles. The number of hydrogen-bond acceptors (Lipinski definition) is 6. The smallest absolute Gasteiger partial charge is 0.261 e. The van der Waals surface area contributed by atoms with Gasteiger partial charge in [0.1, 0.15) is 29.0 Å². The van der Waals surface area contributed by atoms with Crippen LogP contribution in [0.5, 0.6) is 11.5 Å². The molecule has 1 aliphatic rings. The van der Waals surface area contributed by atoms with Crippen molar-refractivity contribution in [1.29, 1.82) is 0 Å². The molecule has 0 radical (unpaired) electrons. The number of nitrogens with one attached hydrogen (secondary N) is 1. The molecule has 0 amide bonds. The summed E-state index contributed by atoms with van der Waals surface area (Å²) >= 11 is 0. The highest BCUT2D eigenvalue weighted by Crippen LogP contribution is 2.46. The van der Waals surface area contributed by atoms with E-state index in [2.05, 4.69) is 46.3 Å². The van der Waals surface area contributed by atoms with Gasteiger partial charge in [0.15, 0.2) is 11.5 Å². The van der Waals surface area contributed by atoms with Crippen molar-refractivity contribution in [3.05, 3.63) is 94.8 Å². The van der Waals surface area contributed by atoms with Crippen molar-refractivity contribution >= 4 is 15.7 Å². The van der Waals surface area contributed by atoms with Crippen LogP contribution in [0.25, 0.3) is 0 Å². The second kappa shape index (κ2) is 9.52. The number of hydrogen-bond donors (Lipinski definition) is 1. The Bertz CT molecular complexity index is 1550. The summed E-state index contributed by atoms with van der Waals surface area (Å²) in [5, 5.41) is 0. The van der Waals surface area contributed by atoms with Gasteiger partial charge in [0.05, 0.1) is 10.6 Å². The van der Waals surface area contributed by atoms with Crippen molar-refractivity contribution in [3.8, 4) is 11.5 Å². The van der Waals surface area contributed by atoms with Gasteiger partial charge in [0, 0.05) is 16.9 Å². The van der Waals surface area contributed by atoms with Crippen LogP contribution in [0.15, 0.2) is 74.4 Å². The third-order valence-electron chi connectivity index (χ3n) is 6.73. The van der Waals surface area contributed by atoms with Gasteiger partial charge in [-0.05, 0) is 55.0 Å². The van der Waals surface area contributed by atoms with E-state index in [9.17, 15) is 8.42 Å². The molecule has 1 N–H and O–H groups in total. The van der Waals surface area contributed by atoms with E-state index in [1.807, 2.05) is 31.2 Å².